The molecule has 3 aromatic carbocycles. The summed E-state index contributed by atoms with van der Waals surface area (Å²) in [6, 6.07) is 16.5. The number of ether oxygens (including phenoxy) is 3. The Bertz CT molecular complexity index is 1310. The molecule has 0 radical (unpaired) electrons. The van der Waals surface area contributed by atoms with Crippen LogP contribution in [0.25, 0.3) is 0 Å². The molecule has 0 saturated heterocycles. The molecule has 194 valence electrons. The number of methoxy groups -OCH3 is 3. The Kier molecular flexibility index (Phi) is 7.07. The highest BCUT2D eigenvalue weighted by Crippen LogP contribution is 2.39. The molecule has 3 aromatic rings. The van der Waals surface area contributed by atoms with Gasteiger partial charge in [-0.3, -0.25) is 9.69 Å². The molecule has 2 aliphatic heterocycles. The molecule has 5 rings (SSSR count). The molecule has 0 bridgehead atoms. The zero-order chi connectivity index (χ0) is 26.1. The van der Waals surface area contributed by atoms with Crippen LogP contribution in [0.5, 0.6) is 17.2 Å². The van der Waals surface area contributed by atoms with Gasteiger partial charge in [0.2, 0.25) is 5.91 Å². The number of hydrogen-bond donors (Lipinski definition) is 0. The van der Waals surface area contributed by atoms with Gasteiger partial charge in [-0.05, 0) is 66.3 Å². The van der Waals surface area contributed by atoms with Crippen LogP contribution in [-0.4, -0.2) is 49.6 Å². The van der Waals surface area contributed by atoms with Gasteiger partial charge in [-0.25, -0.2) is 4.39 Å². The highest BCUT2D eigenvalue weighted by Gasteiger charge is 2.38. The fourth-order valence-corrected chi connectivity index (χ4v) is 5.71. The molecule has 7 heteroatoms. The van der Waals surface area contributed by atoms with Crippen molar-refractivity contribution in [2.24, 2.45) is 0 Å². The average Bonchev–Trinajstić information content (AvgIpc) is 2.93. The second-order valence-electron chi connectivity index (χ2n) is 9.68. The Balaban J connectivity index is 1.48. The summed E-state index contributed by atoms with van der Waals surface area (Å²) >= 11 is 0. The molecule has 0 fully saturated rings. The van der Waals surface area contributed by atoms with Crippen LogP contribution >= 0.6 is 0 Å². The first-order valence-electron chi connectivity index (χ1n) is 12.6. The predicted octanol–water partition coefficient (Wildman–Crippen LogP) is 4.92. The Morgan fingerprint density at radius 3 is 2.35 bits per heavy atom. The molecular weight excluding hydrogens is 471 g/mol. The molecule has 0 aliphatic carbocycles. The molecule has 0 spiro atoms. The number of halogens is 1. The first-order chi connectivity index (χ1) is 17.9. The monoisotopic (exact) mass is 504 g/mol. The molecular formula is C30H33FN2O4. The first kappa shape index (κ1) is 25.1. The van der Waals surface area contributed by atoms with Gasteiger partial charge in [0, 0.05) is 25.2 Å². The van der Waals surface area contributed by atoms with E-state index in [1.807, 2.05) is 29.2 Å². The number of benzene rings is 3. The van der Waals surface area contributed by atoms with Gasteiger partial charge in [-0.15, -0.1) is 0 Å². The fourth-order valence-electron chi connectivity index (χ4n) is 5.71. The highest BCUT2D eigenvalue weighted by atomic mass is 19.1. The van der Waals surface area contributed by atoms with Crippen LogP contribution in [0.3, 0.4) is 0 Å². The van der Waals surface area contributed by atoms with Gasteiger partial charge in [-0.1, -0.05) is 30.3 Å². The number of carbonyl (C=O) groups is 1. The van der Waals surface area contributed by atoms with Crippen molar-refractivity contribution in [1.29, 1.82) is 0 Å². The molecule has 6 nitrogen and oxygen atoms in total. The minimum absolute atomic E-state index is 0.0535. The molecule has 2 aliphatic rings. The lowest BCUT2D eigenvalue weighted by molar-refractivity contribution is -0.140. The third kappa shape index (κ3) is 4.64. The zero-order valence-electron chi connectivity index (χ0n) is 21.8. The topological polar surface area (TPSA) is 51.2 Å². The maximum atomic E-state index is 14.9. The molecule has 1 unspecified atom stereocenters. The molecule has 2 atom stereocenters. The van der Waals surface area contributed by atoms with Crippen LogP contribution in [0, 0.1) is 5.82 Å². The Labute approximate surface area is 217 Å². The van der Waals surface area contributed by atoms with E-state index in [1.165, 1.54) is 6.07 Å². The Morgan fingerprint density at radius 1 is 0.919 bits per heavy atom. The van der Waals surface area contributed by atoms with Gasteiger partial charge in [0.25, 0.3) is 0 Å². The van der Waals surface area contributed by atoms with Crippen molar-refractivity contribution >= 4 is 5.91 Å². The first-order valence-corrected chi connectivity index (χ1v) is 12.6. The lowest BCUT2D eigenvalue weighted by atomic mass is 9.89. The van der Waals surface area contributed by atoms with Crippen LogP contribution < -0.4 is 14.2 Å². The third-order valence-corrected chi connectivity index (χ3v) is 7.76. The van der Waals surface area contributed by atoms with E-state index in [0.717, 1.165) is 28.7 Å². The summed E-state index contributed by atoms with van der Waals surface area (Å²) in [7, 11) is 4.80. The van der Waals surface area contributed by atoms with E-state index < -0.39 is 6.04 Å². The smallest absolute Gasteiger partial charge is 0.240 e. The summed E-state index contributed by atoms with van der Waals surface area (Å²) in [6.45, 7) is 3.51. The SMILES string of the molecule is COc1cc2c(cc1OC)[C@H](C)N(C(=O)C1Cc3ccccc3CN1Cc1c(F)cccc1OC)CC2. The van der Waals surface area contributed by atoms with E-state index in [-0.39, 0.29) is 24.3 Å². The highest BCUT2D eigenvalue weighted by molar-refractivity contribution is 5.83. The molecule has 0 aromatic heterocycles. The lowest BCUT2D eigenvalue weighted by Gasteiger charge is -2.42. The van der Waals surface area contributed by atoms with Gasteiger partial charge in [0.1, 0.15) is 11.6 Å². The number of nitrogens with zero attached hydrogens (tertiary/aromatic N) is 2. The summed E-state index contributed by atoms with van der Waals surface area (Å²) in [5.41, 5.74) is 5.02. The van der Waals surface area contributed by atoms with Gasteiger partial charge in [-0.2, -0.15) is 0 Å². The van der Waals surface area contributed by atoms with Crippen LogP contribution in [-0.2, 0) is 30.7 Å². The van der Waals surface area contributed by atoms with Crippen molar-refractivity contribution in [1.82, 2.24) is 9.80 Å². The van der Waals surface area contributed by atoms with Crippen molar-refractivity contribution in [2.75, 3.05) is 27.9 Å². The van der Waals surface area contributed by atoms with Crippen molar-refractivity contribution in [3.63, 3.8) is 0 Å². The normalized spacial score (nSPS) is 19.1. The van der Waals surface area contributed by atoms with E-state index in [4.69, 9.17) is 14.2 Å². The van der Waals surface area contributed by atoms with Crippen LogP contribution in [0.4, 0.5) is 4.39 Å². The molecule has 0 saturated carbocycles. The van der Waals surface area contributed by atoms with E-state index >= 15 is 0 Å². The van der Waals surface area contributed by atoms with Crippen molar-refractivity contribution in [3.05, 3.63) is 88.2 Å². The molecule has 2 heterocycles. The number of amides is 1. The molecule has 37 heavy (non-hydrogen) atoms. The van der Waals surface area contributed by atoms with Gasteiger partial charge >= 0.3 is 0 Å². The Hall–Kier alpha value is -3.58. The number of fused-ring (bicyclic) bond motifs is 2. The second-order valence-corrected chi connectivity index (χ2v) is 9.68. The summed E-state index contributed by atoms with van der Waals surface area (Å²) in [5.74, 6) is 1.57. The largest absolute Gasteiger partial charge is 0.496 e. The van der Waals surface area contributed by atoms with E-state index in [9.17, 15) is 9.18 Å². The summed E-state index contributed by atoms with van der Waals surface area (Å²) in [6.07, 6.45) is 1.31. The summed E-state index contributed by atoms with van der Waals surface area (Å²) in [5, 5.41) is 0. The standard InChI is InChI=1S/C30H33FN2O4/c1-19-23-16-29(37-4)28(36-3)15-21(23)12-13-33(19)30(34)26-14-20-8-5-6-9-22(20)17-32(26)18-24-25(31)10-7-11-27(24)35-2/h5-11,15-16,19,26H,12-14,17-18H2,1-4H3/t19-,26?/m0/s1. The van der Waals surface area contributed by atoms with Crippen molar-refractivity contribution < 1.29 is 23.4 Å². The maximum absolute atomic E-state index is 14.9. The number of rotatable bonds is 6. The second kappa shape index (κ2) is 10.4. The van der Waals surface area contributed by atoms with Crippen LogP contribution in [0.1, 0.15) is 40.8 Å². The molecule has 1 amide bonds. The minimum atomic E-state index is -0.414. The molecule has 0 N–H and O–H groups in total. The summed E-state index contributed by atoms with van der Waals surface area (Å²) < 4.78 is 31.4. The van der Waals surface area contributed by atoms with E-state index in [1.54, 1.807) is 33.5 Å². The van der Waals surface area contributed by atoms with Crippen molar-refractivity contribution in [3.8, 4) is 17.2 Å². The van der Waals surface area contributed by atoms with Gasteiger partial charge < -0.3 is 19.1 Å². The average molecular weight is 505 g/mol. The Morgan fingerprint density at radius 2 is 1.62 bits per heavy atom. The van der Waals surface area contributed by atoms with Gasteiger partial charge in [0.15, 0.2) is 11.5 Å². The van der Waals surface area contributed by atoms with Crippen LogP contribution in [0.2, 0.25) is 0 Å². The predicted molar refractivity (Wildman–Crippen MR) is 140 cm³/mol. The van der Waals surface area contributed by atoms with Crippen LogP contribution in [0.15, 0.2) is 54.6 Å². The zero-order valence-corrected chi connectivity index (χ0v) is 21.8. The lowest BCUT2D eigenvalue weighted by Crippen LogP contribution is -2.53. The van der Waals surface area contributed by atoms with E-state index in [2.05, 4.69) is 24.0 Å². The number of carbonyl (C=O) groups excluding carboxylic acids is 1. The minimum Gasteiger partial charge on any atom is -0.496 e. The summed E-state index contributed by atoms with van der Waals surface area (Å²) in [4.78, 5) is 18.2. The van der Waals surface area contributed by atoms with E-state index in [0.29, 0.717) is 42.3 Å². The third-order valence-electron chi connectivity index (χ3n) is 7.76. The van der Waals surface area contributed by atoms with Gasteiger partial charge in [0.05, 0.1) is 33.4 Å². The fraction of sp³-hybridized carbons (Fsp3) is 0.367. The quantitative estimate of drug-likeness (QED) is 0.477. The van der Waals surface area contributed by atoms with Crippen molar-refractivity contribution in [2.45, 2.75) is 44.9 Å². The number of hydrogen-bond acceptors (Lipinski definition) is 5. The maximum Gasteiger partial charge on any atom is 0.240 e.